The zero-order valence-corrected chi connectivity index (χ0v) is 11.1. The van der Waals surface area contributed by atoms with E-state index in [1.165, 1.54) is 7.05 Å². The number of carboxylic acids is 1. The smallest absolute Gasteiger partial charge is 0.323 e. The first kappa shape index (κ1) is 14.0. The van der Waals surface area contributed by atoms with Crippen molar-refractivity contribution < 1.29 is 14.7 Å². The monoisotopic (exact) mass is 311 g/mol. The summed E-state index contributed by atoms with van der Waals surface area (Å²) in [7, 11) is 1.36. The van der Waals surface area contributed by atoms with Crippen LogP contribution in [0.1, 0.15) is 5.56 Å². The van der Waals surface area contributed by atoms with Gasteiger partial charge in [-0.1, -0.05) is 15.9 Å². The zero-order valence-electron chi connectivity index (χ0n) is 9.48. The van der Waals surface area contributed by atoms with Crippen molar-refractivity contribution in [3.63, 3.8) is 0 Å². The van der Waals surface area contributed by atoms with Crippen molar-refractivity contribution in [3.05, 3.63) is 28.2 Å². The van der Waals surface area contributed by atoms with Gasteiger partial charge in [-0.3, -0.25) is 4.79 Å². The summed E-state index contributed by atoms with van der Waals surface area (Å²) in [6, 6.07) is 6.16. The normalized spacial score (nSPS) is 9.39. The van der Waals surface area contributed by atoms with Crippen LogP contribution in [0, 0.1) is 11.3 Å². The summed E-state index contributed by atoms with van der Waals surface area (Å²) in [6.07, 6.45) is 0. The molecule has 0 unspecified atom stereocenters. The summed E-state index contributed by atoms with van der Waals surface area (Å²) in [5.41, 5.74) is 0.629. The number of aliphatic carboxylic acids is 1. The molecule has 0 spiro atoms. The second kappa shape index (κ2) is 6.02. The van der Waals surface area contributed by atoms with Crippen molar-refractivity contribution in [1.29, 1.82) is 5.26 Å². The third-order valence-electron chi connectivity index (χ3n) is 2.06. The van der Waals surface area contributed by atoms with Gasteiger partial charge in [0.1, 0.15) is 12.6 Å². The summed E-state index contributed by atoms with van der Waals surface area (Å²) < 4.78 is 0.718. The maximum absolute atomic E-state index is 11.6. The highest BCUT2D eigenvalue weighted by Gasteiger charge is 2.13. The summed E-state index contributed by atoms with van der Waals surface area (Å²) in [5, 5.41) is 19.9. The van der Waals surface area contributed by atoms with Crippen molar-refractivity contribution in [3.8, 4) is 6.07 Å². The molecule has 1 aromatic rings. The van der Waals surface area contributed by atoms with Crippen LogP contribution in [0.4, 0.5) is 10.5 Å². The molecule has 6 nitrogen and oxygen atoms in total. The lowest BCUT2D eigenvalue weighted by atomic mass is 10.2. The van der Waals surface area contributed by atoms with Gasteiger partial charge in [0.15, 0.2) is 0 Å². The first-order chi connectivity index (χ1) is 8.43. The van der Waals surface area contributed by atoms with E-state index in [9.17, 15) is 9.59 Å². The first-order valence-corrected chi connectivity index (χ1v) is 5.67. The number of hydrogen-bond acceptors (Lipinski definition) is 3. The van der Waals surface area contributed by atoms with Gasteiger partial charge >= 0.3 is 12.0 Å². The van der Waals surface area contributed by atoms with Crippen molar-refractivity contribution in [2.75, 3.05) is 18.9 Å². The predicted molar refractivity (Wildman–Crippen MR) is 68.1 cm³/mol. The number of amides is 2. The minimum atomic E-state index is -1.11. The predicted octanol–water partition coefficient (Wildman–Crippen LogP) is 1.87. The van der Waals surface area contributed by atoms with Crippen LogP contribution in [0.3, 0.4) is 0 Å². The minimum absolute atomic E-state index is 0.293. The number of carboxylic acid groups (broad SMARTS) is 1. The van der Waals surface area contributed by atoms with E-state index >= 15 is 0 Å². The van der Waals surface area contributed by atoms with Gasteiger partial charge in [0, 0.05) is 11.5 Å². The molecule has 18 heavy (non-hydrogen) atoms. The molecule has 0 saturated carbocycles. The van der Waals surface area contributed by atoms with Gasteiger partial charge in [-0.2, -0.15) is 5.26 Å². The average molecular weight is 312 g/mol. The number of likely N-dealkylation sites (N-methyl/N-ethyl adjacent to an activating group) is 1. The molecule has 0 aliphatic rings. The molecule has 0 aliphatic carbocycles. The second-order valence-corrected chi connectivity index (χ2v) is 4.40. The summed E-state index contributed by atoms with van der Waals surface area (Å²) in [5.74, 6) is -1.11. The largest absolute Gasteiger partial charge is 0.480 e. The Balaban J connectivity index is 2.82. The van der Waals surface area contributed by atoms with Gasteiger partial charge in [-0.05, 0) is 18.2 Å². The van der Waals surface area contributed by atoms with E-state index in [0.29, 0.717) is 11.3 Å². The highest BCUT2D eigenvalue weighted by molar-refractivity contribution is 9.10. The first-order valence-electron chi connectivity index (χ1n) is 4.87. The van der Waals surface area contributed by atoms with E-state index in [1.807, 2.05) is 6.07 Å². The van der Waals surface area contributed by atoms with Crippen LogP contribution >= 0.6 is 15.9 Å². The standard InChI is InChI=1S/C11H10BrN3O3/c1-15(6-10(16)17)11(18)14-9-3-2-8(12)4-7(9)5-13/h2-4H,6H2,1H3,(H,14,18)(H,16,17). The molecule has 1 aromatic carbocycles. The maximum atomic E-state index is 11.6. The van der Waals surface area contributed by atoms with Crippen molar-refractivity contribution >= 4 is 33.6 Å². The lowest BCUT2D eigenvalue weighted by Crippen LogP contribution is -2.35. The van der Waals surface area contributed by atoms with Crippen LogP contribution < -0.4 is 5.32 Å². The molecule has 0 aromatic heterocycles. The van der Waals surface area contributed by atoms with Gasteiger partial charge in [0.25, 0.3) is 0 Å². The molecular formula is C11H10BrN3O3. The van der Waals surface area contributed by atoms with Crippen LogP contribution in [-0.4, -0.2) is 35.6 Å². The Bertz CT molecular complexity index is 525. The number of nitrogens with one attached hydrogen (secondary N) is 1. The van der Waals surface area contributed by atoms with E-state index in [1.54, 1.807) is 18.2 Å². The number of carbonyl (C=O) groups is 2. The third-order valence-corrected chi connectivity index (χ3v) is 2.56. The minimum Gasteiger partial charge on any atom is -0.480 e. The maximum Gasteiger partial charge on any atom is 0.323 e. The van der Waals surface area contributed by atoms with Crippen molar-refractivity contribution in [1.82, 2.24) is 4.90 Å². The highest BCUT2D eigenvalue weighted by atomic mass is 79.9. The fraction of sp³-hybridized carbons (Fsp3) is 0.182. The second-order valence-electron chi connectivity index (χ2n) is 3.48. The van der Waals surface area contributed by atoms with Gasteiger partial charge in [-0.25, -0.2) is 4.79 Å². The molecule has 0 aliphatic heterocycles. The molecule has 0 radical (unpaired) electrons. The number of hydrogen-bond donors (Lipinski definition) is 2. The van der Waals surface area contributed by atoms with E-state index in [4.69, 9.17) is 10.4 Å². The number of rotatable bonds is 3. The molecular weight excluding hydrogens is 302 g/mol. The van der Waals surface area contributed by atoms with Crippen LogP contribution in [0.15, 0.2) is 22.7 Å². The summed E-state index contributed by atoms with van der Waals surface area (Å²) in [6.45, 7) is -0.412. The average Bonchev–Trinajstić information content (AvgIpc) is 2.30. The Morgan fingerprint density at radius 1 is 1.56 bits per heavy atom. The van der Waals surface area contributed by atoms with Crippen molar-refractivity contribution in [2.24, 2.45) is 0 Å². The van der Waals surface area contributed by atoms with Gasteiger partial charge < -0.3 is 15.3 Å². The molecule has 7 heteroatoms. The SMILES string of the molecule is CN(CC(=O)O)C(=O)Nc1ccc(Br)cc1C#N. The number of nitrogens with zero attached hydrogens (tertiary/aromatic N) is 2. The molecule has 94 valence electrons. The third kappa shape index (κ3) is 3.75. The van der Waals surface area contributed by atoms with Crippen molar-refractivity contribution in [2.45, 2.75) is 0 Å². The Labute approximate surface area is 112 Å². The van der Waals surface area contributed by atoms with Gasteiger partial charge in [0.2, 0.25) is 0 Å². The fourth-order valence-corrected chi connectivity index (χ4v) is 1.56. The highest BCUT2D eigenvalue weighted by Crippen LogP contribution is 2.20. The molecule has 1 rings (SSSR count). The molecule has 0 bridgehead atoms. The number of nitriles is 1. The van der Waals surface area contributed by atoms with E-state index < -0.39 is 18.5 Å². The zero-order chi connectivity index (χ0) is 13.7. The number of urea groups is 1. The molecule has 0 heterocycles. The van der Waals surface area contributed by atoms with E-state index in [2.05, 4.69) is 21.2 Å². The Morgan fingerprint density at radius 2 is 2.22 bits per heavy atom. The van der Waals surface area contributed by atoms with Crippen LogP contribution in [0.2, 0.25) is 0 Å². The van der Waals surface area contributed by atoms with Crippen LogP contribution in [0.25, 0.3) is 0 Å². The lowest BCUT2D eigenvalue weighted by molar-refractivity contribution is -0.137. The summed E-state index contributed by atoms with van der Waals surface area (Å²) >= 11 is 3.21. The van der Waals surface area contributed by atoms with Gasteiger partial charge in [-0.15, -0.1) is 0 Å². The number of halogens is 1. The Kier molecular flexibility index (Phi) is 4.68. The Hall–Kier alpha value is -2.07. The van der Waals surface area contributed by atoms with Crippen LogP contribution in [-0.2, 0) is 4.79 Å². The lowest BCUT2D eigenvalue weighted by Gasteiger charge is -2.16. The molecule has 0 atom stereocenters. The quantitative estimate of drug-likeness (QED) is 0.891. The van der Waals surface area contributed by atoms with E-state index in [0.717, 1.165) is 9.37 Å². The van der Waals surface area contributed by atoms with Crippen LogP contribution in [0.5, 0.6) is 0 Å². The fourth-order valence-electron chi connectivity index (χ4n) is 1.20. The molecule has 2 N–H and O–H groups in total. The summed E-state index contributed by atoms with van der Waals surface area (Å²) in [4.78, 5) is 23.1. The number of anilines is 1. The molecule has 0 saturated heterocycles. The molecule has 2 amide bonds. The van der Waals surface area contributed by atoms with Gasteiger partial charge in [0.05, 0.1) is 11.3 Å². The Morgan fingerprint density at radius 3 is 2.78 bits per heavy atom. The number of benzene rings is 1. The number of carbonyl (C=O) groups excluding carboxylic acids is 1. The topological polar surface area (TPSA) is 93.4 Å². The van der Waals surface area contributed by atoms with E-state index in [-0.39, 0.29) is 0 Å². The molecule has 0 fully saturated rings.